The summed E-state index contributed by atoms with van der Waals surface area (Å²) in [6, 6.07) is 1.67. The van der Waals surface area contributed by atoms with Crippen molar-refractivity contribution in [2.75, 3.05) is 18.4 Å². The molecule has 0 amide bonds. The molecule has 252 valence electrons. The van der Waals surface area contributed by atoms with Crippen LogP contribution in [0.4, 0.5) is 11.4 Å². The summed E-state index contributed by atoms with van der Waals surface area (Å²) < 4.78 is 0. The van der Waals surface area contributed by atoms with Crippen LogP contribution in [0.3, 0.4) is 0 Å². The van der Waals surface area contributed by atoms with E-state index in [1.165, 1.54) is 180 Å². The van der Waals surface area contributed by atoms with E-state index in [1.54, 1.807) is 12.3 Å². The fourth-order valence-electron chi connectivity index (χ4n) is 5.56. The Kier molecular flexibility index (Phi) is 33.4. The monoisotopic (exact) mass is 605 g/mol. The molecule has 0 saturated heterocycles. The maximum absolute atomic E-state index is 10.9. The molecule has 6 nitrogen and oxygen atoms in total. The van der Waals surface area contributed by atoms with Crippen molar-refractivity contribution in [3.8, 4) is 0 Å². The summed E-state index contributed by atoms with van der Waals surface area (Å²) in [4.78, 5) is 14.3. The zero-order valence-corrected chi connectivity index (χ0v) is 28.7. The SMILES string of the molecule is CCCCCCCCCCCCCCCCN.CCCCCCCCCCCCCCCCNc1ccncc1[N+](=O)[O-]. The normalized spacial score (nSPS) is 10.9. The minimum absolute atomic E-state index is 0.0536. The first-order valence-corrected chi connectivity index (χ1v) is 18.7. The smallest absolute Gasteiger partial charge is 0.310 e. The van der Waals surface area contributed by atoms with E-state index in [1.807, 2.05) is 0 Å². The highest BCUT2D eigenvalue weighted by Crippen LogP contribution is 2.22. The number of nitro groups is 1. The summed E-state index contributed by atoms with van der Waals surface area (Å²) in [6.45, 7) is 6.21. The highest BCUT2D eigenvalue weighted by Gasteiger charge is 2.12. The second-order valence-electron chi connectivity index (χ2n) is 12.6. The second kappa shape index (κ2) is 34.8. The average Bonchev–Trinajstić information content (AvgIpc) is 3.02. The van der Waals surface area contributed by atoms with Gasteiger partial charge >= 0.3 is 5.69 Å². The number of nitrogens with zero attached hydrogens (tertiary/aromatic N) is 2. The summed E-state index contributed by atoms with van der Waals surface area (Å²) in [6.07, 6.45) is 41.5. The summed E-state index contributed by atoms with van der Waals surface area (Å²) >= 11 is 0. The molecule has 0 fully saturated rings. The van der Waals surface area contributed by atoms with Crippen LogP contribution in [0.2, 0.25) is 0 Å². The number of rotatable bonds is 31. The van der Waals surface area contributed by atoms with Crippen LogP contribution in [0, 0.1) is 10.1 Å². The summed E-state index contributed by atoms with van der Waals surface area (Å²) in [5.74, 6) is 0. The molecule has 0 spiro atoms. The van der Waals surface area contributed by atoms with Gasteiger partial charge in [-0.25, -0.2) is 0 Å². The van der Waals surface area contributed by atoms with Crippen molar-refractivity contribution in [1.29, 1.82) is 0 Å². The summed E-state index contributed by atoms with van der Waals surface area (Å²) in [7, 11) is 0. The largest absolute Gasteiger partial charge is 0.379 e. The first-order chi connectivity index (χ1) is 21.2. The minimum atomic E-state index is -0.388. The fraction of sp³-hybridized carbons (Fsp3) is 0.865. The number of anilines is 1. The van der Waals surface area contributed by atoms with Crippen molar-refractivity contribution in [1.82, 2.24) is 4.98 Å². The van der Waals surface area contributed by atoms with E-state index in [9.17, 15) is 10.1 Å². The number of nitrogens with two attached hydrogens (primary N) is 1. The lowest BCUT2D eigenvalue weighted by Gasteiger charge is -2.06. The van der Waals surface area contributed by atoms with Gasteiger partial charge in [-0.05, 0) is 25.5 Å². The lowest BCUT2D eigenvalue weighted by Crippen LogP contribution is -2.04. The van der Waals surface area contributed by atoms with E-state index in [4.69, 9.17) is 5.73 Å². The molecule has 1 rings (SSSR count). The lowest BCUT2D eigenvalue weighted by molar-refractivity contribution is -0.384. The van der Waals surface area contributed by atoms with Gasteiger partial charge in [0.15, 0.2) is 0 Å². The van der Waals surface area contributed by atoms with Crippen LogP contribution in [-0.2, 0) is 0 Å². The third-order valence-electron chi connectivity index (χ3n) is 8.40. The number of hydrogen-bond acceptors (Lipinski definition) is 5. The molecule has 0 saturated carbocycles. The van der Waals surface area contributed by atoms with Gasteiger partial charge in [-0.15, -0.1) is 0 Å². The number of aromatic nitrogens is 1. The van der Waals surface area contributed by atoms with E-state index in [0.717, 1.165) is 19.5 Å². The van der Waals surface area contributed by atoms with Crippen molar-refractivity contribution in [2.24, 2.45) is 5.73 Å². The van der Waals surface area contributed by atoms with Gasteiger partial charge in [0.1, 0.15) is 11.9 Å². The zero-order valence-electron chi connectivity index (χ0n) is 28.7. The maximum Gasteiger partial charge on any atom is 0.310 e. The number of nitrogens with one attached hydrogen (secondary N) is 1. The lowest BCUT2D eigenvalue weighted by atomic mass is 10.0. The molecule has 6 heteroatoms. The Morgan fingerprint density at radius 3 is 1.30 bits per heavy atom. The van der Waals surface area contributed by atoms with Crippen molar-refractivity contribution in [3.05, 3.63) is 28.6 Å². The first kappa shape index (κ1) is 41.3. The van der Waals surface area contributed by atoms with E-state index < -0.39 is 0 Å². The number of hydrogen-bond donors (Lipinski definition) is 2. The van der Waals surface area contributed by atoms with E-state index in [0.29, 0.717) is 5.69 Å². The minimum Gasteiger partial charge on any atom is -0.379 e. The highest BCUT2D eigenvalue weighted by molar-refractivity contribution is 5.59. The third-order valence-corrected chi connectivity index (χ3v) is 8.40. The van der Waals surface area contributed by atoms with Crippen LogP contribution >= 0.6 is 0 Å². The summed E-state index contributed by atoms with van der Waals surface area (Å²) in [5, 5.41) is 14.1. The van der Waals surface area contributed by atoms with Gasteiger partial charge in [0.05, 0.1) is 4.92 Å². The molecule has 1 aromatic heterocycles. The predicted octanol–water partition coefficient (Wildman–Crippen LogP) is 12.3. The molecule has 0 atom stereocenters. The quantitative estimate of drug-likeness (QED) is 0.0499. The molecule has 0 aliphatic carbocycles. The van der Waals surface area contributed by atoms with Crippen molar-refractivity contribution >= 4 is 11.4 Å². The molecule has 43 heavy (non-hydrogen) atoms. The van der Waals surface area contributed by atoms with Crippen molar-refractivity contribution < 1.29 is 4.92 Å². The Balaban J connectivity index is 0.000000901. The standard InChI is InChI=1S/C21H37N3O2.C16H35N/c1-2-3-4-5-6-7-8-9-10-11-12-13-14-15-17-23-20-16-18-22-19-21(20)24(25)26;1-2-3-4-5-6-7-8-9-10-11-12-13-14-15-16-17/h16,18-19H,2-15,17H2,1H3,(H,22,23);2-17H2,1H3. The van der Waals surface area contributed by atoms with Crippen LogP contribution in [0.25, 0.3) is 0 Å². The fourth-order valence-corrected chi connectivity index (χ4v) is 5.56. The van der Waals surface area contributed by atoms with Gasteiger partial charge < -0.3 is 11.1 Å². The van der Waals surface area contributed by atoms with Gasteiger partial charge in [-0.1, -0.05) is 181 Å². The molecule has 3 N–H and O–H groups in total. The molecule has 1 aromatic rings. The maximum atomic E-state index is 10.9. The Morgan fingerprint density at radius 2 is 0.953 bits per heavy atom. The van der Waals surface area contributed by atoms with Crippen LogP contribution in [-0.4, -0.2) is 23.0 Å². The second-order valence-corrected chi connectivity index (χ2v) is 12.6. The molecular weight excluding hydrogens is 532 g/mol. The Labute approximate surface area is 267 Å². The van der Waals surface area contributed by atoms with Gasteiger partial charge in [0, 0.05) is 12.7 Å². The summed E-state index contributed by atoms with van der Waals surface area (Å²) in [5.41, 5.74) is 6.09. The van der Waals surface area contributed by atoms with Crippen molar-refractivity contribution in [2.45, 2.75) is 194 Å². The van der Waals surface area contributed by atoms with Gasteiger partial charge in [0.2, 0.25) is 0 Å². The molecule has 1 heterocycles. The number of pyridine rings is 1. The molecule has 0 aliphatic rings. The van der Waals surface area contributed by atoms with Crippen LogP contribution in [0.1, 0.15) is 194 Å². The Morgan fingerprint density at radius 1 is 0.605 bits per heavy atom. The first-order valence-electron chi connectivity index (χ1n) is 18.7. The van der Waals surface area contributed by atoms with Gasteiger partial charge in [-0.3, -0.25) is 15.1 Å². The Hall–Kier alpha value is -1.69. The molecule has 0 aromatic carbocycles. The third kappa shape index (κ3) is 30.1. The molecule has 0 unspecified atom stereocenters. The van der Waals surface area contributed by atoms with E-state index >= 15 is 0 Å². The molecule has 0 radical (unpaired) electrons. The van der Waals surface area contributed by atoms with E-state index in [-0.39, 0.29) is 10.6 Å². The highest BCUT2D eigenvalue weighted by atomic mass is 16.6. The average molecular weight is 605 g/mol. The molecule has 0 bridgehead atoms. The van der Waals surface area contributed by atoms with Crippen LogP contribution in [0.15, 0.2) is 18.5 Å². The Bertz CT molecular complexity index is 687. The van der Waals surface area contributed by atoms with Crippen molar-refractivity contribution in [3.63, 3.8) is 0 Å². The van der Waals surface area contributed by atoms with Gasteiger partial charge in [-0.2, -0.15) is 0 Å². The van der Waals surface area contributed by atoms with Gasteiger partial charge in [0.25, 0.3) is 0 Å². The van der Waals surface area contributed by atoms with Crippen LogP contribution < -0.4 is 11.1 Å². The van der Waals surface area contributed by atoms with E-state index in [2.05, 4.69) is 24.1 Å². The topological polar surface area (TPSA) is 94.1 Å². The van der Waals surface area contributed by atoms with Crippen LogP contribution in [0.5, 0.6) is 0 Å². The molecule has 0 aliphatic heterocycles. The zero-order chi connectivity index (χ0) is 31.5. The number of unbranched alkanes of at least 4 members (excludes halogenated alkanes) is 26. The molecular formula is C37H72N4O2. The predicted molar refractivity (Wildman–Crippen MR) is 189 cm³/mol.